The van der Waals surface area contributed by atoms with Crippen molar-refractivity contribution >= 4 is 11.8 Å². The Morgan fingerprint density at radius 2 is 2.17 bits per heavy atom. The van der Waals surface area contributed by atoms with E-state index in [1.54, 1.807) is 0 Å². The summed E-state index contributed by atoms with van der Waals surface area (Å²) < 4.78 is 0. The summed E-state index contributed by atoms with van der Waals surface area (Å²) in [5, 5.41) is 1.97. The fourth-order valence-electron chi connectivity index (χ4n) is 1.21. The van der Waals surface area contributed by atoms with Crippen molar-refractivity contribution in [2.24, 2.45) is 4.99 Å². The van der Waals surface area contributed by atoms with E-state index in [0.717, 1.165) is 10.6 Å². The fourth-order valence-corrected chi connectivity index (χ4v) is 1.21. The Morgan fingerprint density at radius 1 is 1.33 bits per heavy atom. The molecule has 12 heavy (non-hydrogen) atoms. The van der Waals surface area contributed by atoms with Gasteiger partial charge in [-0.2, -0.15) is 4.79 Å². The van der Waals surface area contributed by atoms with Gasteiger partial charge < -0.3 is 5.53 Å². The Kier molecular flexibility index (Phi) is 1.57. The zero-order valence-corrected chi connectivity index (χ0v) is 6.44. The van der Waals surface area contributed by atoms with Gasteiger partial charge in [0.05, 0.1) is 5.36 Å². The van der Waals surface area contributed by atoms with Crippen LogP contribution in [0, 0.1) is 0 Å². The average molecular weight is 157 g/mol. The first kappa shape index (κ1) is 6.95. The predicted octanol–water partition coefficient (Wildman–Crippen LogP) is -0.229. The van der Waals surface area contributed by atoms with E-state index in [1.807, 2.05) is 30.3 Å². The molecule has 0 spiro atoms. The summed E-state index contributed by atoms with van der Waals surface area (Å²) in [6, 6.07) is 7.77. The van der Waals surface area contributed by atoms with E-state index in [-0.39, 0.29) is 0 Å². The van der Waals surface area contributed by atoms with E-state index >= 15 is 0 Å². The lowest BCUT2D eigenvalue weighted by Crippen LogP contribution is -2.31. The molecule has 2 rings (SSSR count). The van der Waals surface area contributed by atoms with E-state index in [4.69, 9.17) is 5.53 Å². The molecule has 58 valence electrons. The van der Waals surface area contributed by atoms with Crippen LogP contribution in [0.2, 0.25) is 0 Å². The molecule has 0 unspecified atom stereocenters. The molecule has 0 radical (unpaired) electrons. The van der Waals surface area contributed by atoms with Crippen LogP contribution in [-0.2, 0) is 0 Å². The minimum Gasteiger partial charge on any atom is -0.361 e. The van der Waals surface area contributed by atoms with Gasteiger partial charge in [-0.25, -0.2) is 0 Å². The van der Waals surface area contributed by atoms with E-state index < -0.39 is 0 Å². The second kappa shape index (κ2) is 2.72. The topological polar surface area (TPSA) is 48.8 Å². The molecule has 1 aliphatic rings. The van der Waals surface area contributed by atoms with Crippen LogP contribution in [0.4, 0.5) is 0 Å². The van der Waals surface area contributed by atoms with E-state index in [1.165, 1.54) is 0 Å². The lowest BCUT2D eigenvalue weighted by Gasteiger charge is -1.94. The fraction of sp³-hybridized carbons (Fsp3) is 0.111. The van der Waals surface area contributed by atoms with Crippen LogP contribution < -0.4 is 10.6 Å². The summed E-state index contributed by atoms with van der Waals surface area (Å²) in [4.78, 5) is 7.34. The molecule has 3 heteroatoms. The van der Waals surface area contributed by atoms with Gasteiger partial charge in [0.1, 0.15) is 6.54 Å². The van der Waals surface area contributed by atoms with Crippen molar-refractivity contribution in [2.45, 2.75) is 0 Å². The van der Waals surface area contributed by atoms with Crippen LogP contribution in [0.25, 0.3) is 11.6 Å². The van der Waals surface area contributed by atoms with Gasteiger partial charge in [-0.1, -0.05) is 18.2 Å². The van der Waals surface area contributed by atoms with Gasteiger partial charge in [-0.3, -0.25) is 4.99 Å². The summed E-state index contributed by atoms with van der Waals surface area (Å²) in [5.41, 5.74) is 9.12. The molecule has 0 aromatic heterocycles. The number of rotatable bonds is 0. The molecular formula is C9H7N3. The molecule has 1 aromatic carbocycles. The molecule has 0 fully saturated rings. The third-order valence-electron chi connectivity index (χ3n) is 1.80. The molecule has 0 saturated carbocycles. The van der Waals surface area contributed by atoms with Crippen molar-refractivity contribution in [3.8, 4) is 0 Å². The number of nitrogens with zero attached hydrogens (tertiary/aromatic N) is 3. The number of benzene rings is 1. The highest BCUT2D eigenvalue weighted by atomic mass is 14.9. The van der Waals surface area contributed by atoms with Gasteiger partial charge in [0.25, 0.3) is 0 Å². The largest absolute Gasteiger partial charge is 0.361 e. The van der Waals surface area contributed by atoms with Crippen molar-refractivity contribution in [1.82, 2.24) is 0 Å². The maximum atomic E-state index is 8.51. The molecule has 0 aliphatic carbocycles. The monoisotopic (exact) mass is 157 g/mol. The average Bonchev–Trinajstić information content (AvgIpc) is 2.17. The number of fused-ring (bicyclic) bond motifs is 1. The smallest absolute Gasteiger partial charge is 0.313 e. The first-order chi connectivity index (χ1) is 5.90. The summed E-state index contributed by atoms with van der Waals surface area (Å²) in [5.74, 6) is 0. The predicted molar refractivity (Wildman–Crippen MR) is 45.2 cm³/mol. The first-order valence-corrected chi connectivity index (χ1v) is 3.72. The Balaban J connectivity index is 2.80. The SMILES string of the molecule is [N-]=[N+]=C1C=c2ccccc2=NC1. The van der Waals surface area contributed by atoms with Crippen LogP contribution in [0.15, 0.2) is 29.3 Å². The maximum absolute atomic E-state index is 8.51. The Hall–Kier alpha value is -1.73. The van der Waals surface area contributed by atoms with Crippen LogP contribution in [0.1, 0.15) is 0 Å². The standard InChI is InChI=1S/C9H7N3/c10-12-8-5-7-3-1-2-4-9(7)11-6-8/h1-5H,6H2. The summed E-state index contributed by atoms with van der Waals surface area (Å²) >= 11 is 0. The van der Waals surface area contributed by atoms with Gasteiger partial charge in [0.2, 0.25) is 0 Å². The third kappa shape index (κ3) is 1.06. The second-order valence-electron chi connectivity index (χ2n) is 2.61. The number of para-hydroxylation sites is 1. The molecule has 0 N–H and O–H groups in total. The highest BCUT2D eigenvalue weighted by Crippen LogP contribution is 1.82. The zero-order valence-electron chi connectivity index (χ0n) is 6.44. The van der Waals surface area contributed by atoms with Crippen molar-refractivity contribution < 1.29 is 4.79 Å². The van der Waals surface area contributed by atoms with Crippen LogP contribution in [-0.4, -0.2) is 17.0 Å². The zero-order chi connectivity index (χ0) is 8.39. The van der Waals surface area contributed by atoms with Gasteiger partial charge in [-0.15, -0.1) is 0 Å². The molecular weight excluding hydrogens is 150 g/mol. The van der Waals surface area contributed by atoms with Gasteiger partial charge in [-0.05, 0) is 6.07 Å². The van der Waals surface area contributed by atoms with Crippen LogP contribution in [0.5, 0.6) is 0 Å². The van der Waals surface area contributed by atoms with Crippen molar-refractivity contribution in [1.29, 1.82) is 0 Å². The molecule has 1 heterocycles. The molecule has 1 aromatic rings. The quantitative estimate of drug-likeness (QED) is 0.369. The molecule has 0 bridgehead atoms. The molecule has 0 saturated heterocycles. The normalized spacial score (nSPS) is 13.8. The lowest BCUT2D eigenvalue weighted by molar-refractivity contribution is -0.00355. The van der Waals surface area contributed by atoms with Crippen molar-refractivity contribution in [2.75, 3.05) is 6.54 Å². The lowest BCUT2D eigenvalue weighted by atomic mass is 10.2. The number of hydrogen-bond acceptors (Lipinski definition) is 1. The summed E-state index contributed by atoms with van der Waals surface area (Å²) in [6.07, 6.45) is 1.84. The minimum atomic E-state index is 0.466. The second-order valence-corrected chi connectivity index (χ2v) is 2.61. The molecule has 1 aliphatic heterocycles. The Morgan fingerprint density at radius 3 is 3.00 bits per heavy atom. The maximum Gasteiger partial charge on any atom is 0.313 e. The van der Waals surface area contributed by atoms with Crippen LogP contribution >= 0.6 is 0 Å². The van der Waals surface area contributed by atoms with E-state index in [9.17, 15) is 0 Å². The highest BCUT2D eigenvalue weighted by molar-refractivity contribution is 6.08. The molecule has 0 atom stereocenters. The first-order valence-electron chi connectivity index (χ1n) is 3.72. The third-order valence-corrected chi connectivity index (χ3v) is 1.80. The van der Waals surface area contributed by atoms with E-state index in [0.29, 0.717) is 12.3 Å². The number of hydrogen-bond donors (Lipinski definition) is 0. The van der Waals surface area contributed by atoms with Gasteiger partial charge >= 0.3 is 5.71 Å². The van der Waals surface area contributed by atoms with Crippen molar-refractivity contribution in [3.05, 3.63) is 40.4 Å². The Bertz CT molecular complexity index is 467. The summed E-state index contributed by atoms with van der Waals surface area (Å²) in [6.45, 7) is 0.466. The van der Waals surface area contributed by atoms with Crippen molar-refractivity contribution in [3.63, 3.8) is 0 Å². The van der Waals surface area contributed by atoms with Crippen LogP contribution in [0.3, 0.4) is 0 Å². The van der Waals surface area contributed by atoms with E-state index in [2.05, 4.69) is 9.78 Å². The van der Waals surface area contributed by atoms with Gasteiger partial charge in [0.15, 0.2) is 0 Å². The Labute approximate surface area is 69.3 Å². The minimum absolute atomic E-state index is 0.466. The molecule has 3 nitrogen and oxygen atoms in total. The van der Waals surface area contributed by atoms with Gasteiger partial charge in [0, 0.05) is 11.3 Å². The molecule has 0 amide bonds. The highest BCUT2D eigenvalue weighted by Gasteiger charge is 2.05. The summed E-state index contributed by atoms with van der Waals surface area (Å²) in [7, 11) is 0.